The summed E-state index contributed by atoms with van der Waals surface area (Å²) < 4.78 is 48.2. The molecule has 1 aromatic carbocycles. The molecule has 0 amide bonds. The molecule has 0 heterocycles. The van der Waals surface area contributed by atoms with E-state index in [-0.39, 0.29) is 78.8 Å². The summed E-state index contributed by atoms with van der Waals surface area (Å²) in [5.41, 5.74) is -0.557. The van der Waals surface area contributed by atoms with E-state index in [0.29, 0.717) is 0 Å². The number of benzene rings is 1. The molecule has 0 saturated carbocycles. The second-order valence-corrected chi connectivity index (χ2v) is 8.77. The molecule has 14 nitrogen and oxygen atoms in total. The molecular weight excluding hydrogens is 492 g/mol. The van der Waals surface area contributed by atoms with Gasteiger partial charge in [0, 0.05) is 19.2 Å². The zero-order chi connectivity index (χ0) is 26.1. The first-order valence-electron chi connectivity index (χ1n) is 10.6. The van der Waals surface area contributed by atoms with Crippen LogP contribution in [0.1, 0.15) is 12.8 Å². The number of ether oxygens (including phenoxy) is 4. The quantitative estimate of drug-likeness (QED) is 0.130. The molecule has 2 N–H and O–H groups in total. The van der Waals surface area contributed by atoms with Gasteiger partial charge in [0.05, 0.1) is 70.6 Å². The van der Waals surface area contributed by atoms with Crippen LogP contribution in [0.25, 0.3) is 0 Å². The summed E-state index contributed by atoms with van der Waals surface area (Å²) in [4.78, 5) is 30.9. The Morgan fingerprint density at radius 1 is 0.800 bits per heavy atom. The van der Waals surface area contributed by atoms with Crippen LogP contribution in [0.15, 0.2) is 29.2 Å². The van der Waals surface area contributed by atoms with E-state index in [9.17, 15) is 28.1 Å². The zero-order valence-electron chi connectivity index (χ0n) is 19.1. The number of nitro benzene ring substituents is 1. The van der Waals surface area contributed by atoms with E-state index in [1.165, 1.54) is 12.1 Å². The lowest BCUT2D eigenvalue weighted by atomic mass is 10.3. The normalized spacial score (nSPS) is 11.6. The molecule has 0 saturated heterocycles. The van der Waals surface area contributed by atoms with Gasteiger partial charge in [-0.05, 0) is 6.07 Å². The molecule has 0 fully saturated rings. The minimum Gasteiger partial charge on any atom is -0.481 e. The van der Waals surface area contributed by atoms with E-state index in [4.69, 9.17) is 29.2 Å². The zero-order valence-corrected chi connectivity index (χ0v) is 19.9. The summed E-state index contributed by atoms with van der Waals surface area (Å²) in [7, 11) is -4.26. The maximum Gasteiger partial charge on any atom is 0.305 e. The van der Waals surface area contributed by atoms with Crippen LogP contribution in [-0.2, 0) is 38.6 Å². The van der Waals surface area contributed by atoms with Crippen LogP contribution in [-0.4, -0.2) is 106 Å². The minimum absolute atomic E-state index is 0.0221. The number of para-hydroxylation sites is 1. The average molecular weight is 523 g/mol. The third-order valence-electron chi connectivity index (χ3n) is 4.31. The summed E-state index contributed by atoms with van der Waals surface area (Å²) >= 11 is 0. The van der Waals surface area contributed by atoms with Crippen LogP contribution < -0.4 is 0 Å². The molecule has 35 heavy (non-hydrogen) atoms. The monoisotopic (exact) mass is 522 g/mol. The third-order valence-corrected chi connectivity index (χ3v) is 6.26. The Balaban J connectivity index is 2.64. The number of nitrogens with zero attached hydrogens (tertiary/aromatic N) is 2. The molecule has 0 aliphatic rings. The number of hydrogen-bond donors (Lipinski definition) is 2. The highest BCUT2D eigenvalue weighted by Gasteiger charge is 2.31. The summed E-state index contributed by atoms with van der Waals surface area (Å²) in [5, 5.41) is 28.4. The standard InChI is InChI=1S/C20H30N2O12S/c23-19(24)5-9-31-13-15-33-11-7-21(8-12-34-16-14-32-10-6-20(25)26)35(29,30)18-4-2-1-3-17(18)22(27)28/h1-4H,5-16H2,(H,23,24)(H,25,26). The number of rotatable bonds is 21. The fourth-order valence-corrected chi connectivity index (χ4v) is 4.18. The molecule has 0 radical (unpaired) electrons. The predicted octanol–water partition coefficient (Wildman–Crippen LogP) is 0.601. The van der Waals surface area contributed by atoms with Crippen molar-refractivity contribution in [3.63, 3.8) is 0 Å². The summed E-state index contributed by atoms with van der Waals surface area (Å²) in [6.07, 6.45) is -0.293. The van der Waals surface area contributed by atoms with Crippen molar-refractivity contribution in [3.8, 4) is 0 Å². The van der Waals surface area contributed by atoms with Crippen molar-refractivity contribution >= 4 is 27.6 Å². The molecule has 1 rings (SSSR count). The lowest BCUT2D eigenvalue weighted by Gasteiger charge is -2.22. The summed E-state index contributed by atoms with van der Waals surface area (Å²) in [5.74, 6) is -1.98. The number of carbonyl (C=O) groups is 2. The highest BCUT2D eigenvalue weighted by Crippen LogP contribution is 2.26. The molecule has 1 aromatic rings. The first-order valence-corrected chi connectivity index (χ1v) is 12.1. The largest absolute Gasteiger partial charge is 0.481 e. The molecule has 0 aliphatic carbocycles. The van der Waals surface area contributed by atoms with Gasteiger partial charge in [-0.3, -0.25) is 19.7 Å². The van der Waals surface area contributed by atoms with Gasteiger partial charge in [-0.25, -0.2) is 8.42 Å². The number of aliphatic carboxylic acids is 2. The predicted molar refractivity (Wildman–Crippen MR) is 120 cm³/mol. The van der Waals surface area contributed by atoms with Crippen molar-refractivity contribution < 1.29 is 52.1 Å². The SMILES string of the molecule is O=C(O)CCOCCOCCN(CCOCCOCCC(=O)O)S(=O)(=O)c1ccccc1[N+](=O)[O-]. The van der Waals surface area contributed by atoms with Gasteiger partial charge in [-0.15, -0.1) is 0 Å². The molecule has 0 aromatic heterocycles. The molecule has 0 atom stereocenters. The van der Waals surface area contributed by atoms with Crippen molar-refractivity contribution in [2.24, 2.45) is 0 Å². The fourth-order valence-electron chi connectivity index (χ4n) is 2.61. The molecule has 0 aliphatic heterocycles. The number of sulfonamides is 1. The Hall–Kier alpha value is -2.69. The van der Waals surface area contributed by atoms with E-state index < -0.39 is 37.5 Å². The number of nitro groups is 1. The Morgan fingerprint density at radius 3 is 1.66 bits per heavy atom. The lowest BCUT2D eigenvalue weighted by molar-refractivity contribution is -0.387. The summed E-state index contributed by atoms with van der Waals surface area (Å²) in [6.45, 7) is 0.157. The maximum absolute atomic E-state index is 13.1. The molecule has 0 spiro atoms. The Bertz CT molecular complexity index is 879. The smallest absolute Gasteiger partial charge is 0.305 e. The molecule has 0 bridgehead atoms. The Kier molecular flexibility index (Phi) is 14.6. The molecule has 198 valence electrons. The average Bonchev–Trinajstić information content (AvgIpc) is 2.80. The first kappa shape index (κ1) is 30.3. The highest BCUT2D eigenvalue weighted by atomic mass is 32.2. The van der Waals surface area contributed by atoms with E-state index in [1.807, 2.05) is 0 Å². The van der Waals surface area contributed by atoms with E-state index >= 15 is 0 Å². The summed E-state index contributed by atoms with van der Waals surface area (Å²) in [6, 6.07) is 4.99. The third kappa shape index (κ3) is 12.5. The first-order chi connectivity index (χ1) is 16.7. The number of hydrogen-bond acceptors (Lipinski definition) is 10. The second kappa shape index (κ2) is 16.9. The lowest BCUT2D eigenvalue weighted by Crippen LogP contribution is -2.37. The number of carboxylic acid groups (broad SMARTS) is 2. The van der Waals surface area contributed by atoms with Crippen molar-refractivity contribution in [3.05, 3.63) is 34.4 Å². The molecule has 15 heteroatoms. The van der Waals surface area contributed by atoms with Crippen LogP contribution in [0.4, 0.5) is 5.69 Å². The van der Waals surface area contributed by atoms with Crippen molar-refractivity contribution in [1.82, 2.24) is 4.31 Å². The second-order valence-electron chi connectivity index (χ2n) is 6.87. The van der Waals surface area contributed by atoms with Gasteiger partial charge in [-0.2, -0.15) is 4.31 Å². The van der Waals surface area contributed by atoms with Crippen LogP contribution in [0.5, 0.6) is 0 Å². The minimum atomic E-state index is -4.26. The van der Waals surface area contributed by atoms with Crippen LogP contribution in [0.2, 0.25) is 0 Å². The Morgan fingerprint density at radius 2 is 1.23 bits per heavy atom. The van der Waals surface area contributed by atoms with Gasteiger partial charge >= 0.3 is 11.9 Å². The van der Waals surface area contributed by atoms with Gasteiger partial charge in [0.1, 0.15) is 0 Å². The van der Waals surface area contributed by atoms with Crippen molar-refractivity contribution in [1.29, 1.82) is 0 Å². The van der Waals surface area contributed by atoms with Gasteiger partial charge in [0.15, 0.2) is 4.90 Å². The van der Waals surface area contributed by atoms with Gasteiger partial charge in [0.25, 0.3) is 5.69 Å². The maximum atomic E-state index is 13.1. The fraction of sp³-hybridized carbons (Fsp3) is 0.600. The number of carboxylic acids is 2. The van der Waals surface area contributed by atoms with Crippen LogP contribution in [0.3, 0.4) is 0 Å². The molecule has 0 unspecified atom stereocenters. The van der Waals surface area contributed by atoms with E-state index in [1.54, 1.807) is 0 Å². The van der Waals surface area contributed by atoms with E-state index in [0.717, 1.165) is 16.4 Å². The van der Waals surface area contributed by atoms with Crippen LogP contribution >= 0.6 is 0 Å². The highest BCUT2D eigenvalue weighted by molar-refractivity contribution is 7.89. The van der Waals surface area contributed by atoms with Crippen LogP contribution in [0, 0.1) is 10.1 Å². The topological polar surface area (TPSA) is 192 Å². The van der Waals surface area contributed by atoms with Crippen molar-refractivity contribution in [2.45, 2.75) is 17.7 Å². The molecular formula is C20H30N2O12S. The van der Waals surface area contributed by atoms with Gasteiger partial charge in [0.2, 0.25) is 10.0 Å². The van der Waals surface area contributed by atoms with Crippen molar-refractivity contribution in [2.75, 3.05) is 65.9 Å². The van der Waals surface area contributed by atoms with E-state index in [2.05, 4.69) is 0 Å². The Labute approximate surface area is 202 Å². The van der Waals surface area contributed by atoms with Gasteiger partial charge < -0.3 is 29.2 Å². The van der Waals surface area contributed by atoms with Gasteiger partial charge in [-0.1, -0.05) is 12.1 Å².